The number of halogens is 1. The molecular formula is C12H16BrNO2. The van der Waals surface area contributed by atoms with Gasteiger partial charge in [0, 0.05) is 12.5 Å². The fourth-order valence-electron chi connectivity index (χ4n) is 1.21. The second-order valence-electron chi connectivity index (χ2n) is 3.84. The fraction of sp³-hybridized carbons (Fsp3) is 0.417. The molecule has 0 aliphatic rings. The predicted octanol–water partition coefficient (Wildman–Crippen LogP) is 2.73. The highest BCUT2D eigenvalue weighted by atomic mass is 79.9. The zero-order chi connectivity index (χ0) is 12.1. The molecule has 1 rings (SSSR count). The Hall–Kier alpha value is -1.03. The van der Waals surface area contributed by atoms with Gasteiger partial charge in [-0.15, -0.1) is 0 Å². The number of hydrogen-bond donors (Lipinski definition) is 1. The Bertz CT molecular complexity index is 377. The molecule has 1 aromatic rings. The Kier molecular flexibility index (Phi) is 4.80. The van der Waals surface area contributed by atoms with Gasteiger partial charge in [-0.3, -0.25) is 4.79 Å². The average molecular weight is 286 g/mol. The number of ether oxygens (including phenoxy) is 1. The normalized spacial score (nSPS) is 10.3. The van der Waals surface area contributed by atoms with Gasteiger partial charge >= 0.3 is 0 Å². The average Bonchev–Trinajstić information content (AvgIpc) is 2.25. The van der Waals surface area contributed by atoms with Crippen molar-refractivity contribution < 1.29 is 9.53 Å². The number of nitrogens with one attached hydrogen (secondary N) is 1. The molecule has 0 spiro atoms. The van der Waals surface area contributed by atoms with Crippen molar-refractivity contribution in [3.63, 3.8) is 0 Å². The van der Waals surface area contributed by atoms with Crippen LogP contribution in [0.25, 0.3) is 0 Å². The number of rotatable bonds is 4. The number of amides is 1. The monoisotopic (exact) mass is 285 g/mol. The van der Waals surface area contributed by atoms with Crippen molar-refractivity contribution in [3.8, 4) is 5.75 Å². The van der Waals surface area contributed by atoms with Crippen molar-refractivity contribution in [2.45, 2.75) is 20.4 Å². The van der Waals surface area contributed by atoms with Gasteiger partial charge in [-0.2, -0.15) is 0 Å². The van der Waals surface area contributed by atoms with Gasteiger partial charge in [0.1, 0.15) is 5.75 Å². The topological polar surface area (TPSA) is 38.3 Å². The van der Waals surface area contributed by atoms with Crippen LogP contribution in [-0.4, -0.2) is 13.0 Å². The van der Waals surface area contributed by atoms with Crippen LogP contribution in [-0.2, 0) is 11.3 Å². The summed E-state index contributed by atoms with van der Waals surface area (Å²) in [5, 5.41) is 2.86. The summed E-state index contributed by atoms with van der Waals surface area (Å²) in [5.74, 6) is 0.868. The van der Waals surface area contributed by atoms with Crippen LogP contribution in [0.1, 0.15) is 19.4 Å². The second-order valence-corrected chi connectivity index (χ2v) is 4.70. The number of benzene rings is 1. The first-order valence-electron chi connectivity index (χ1n) is 5.14. The van der Waals surface area contributed by atoms with E-state index in [9.17, 15) is 4.79 Å². The Morgan fingerprint density at radius 1 is 1.50 bits per heavy atom. The first-order chi connectivity index (χ1) is 7.54. The number of hydrogen-bond acceptors (Lipinski definition) is 2. The molecule has 0 radical (unpaired) electrons. The lowest BCUT2D eigenvalue weighted by atomic mass is 10.2. The molecule has 1 amide bonds. The highest BCUT2D eigenvalue weighted by molar-refractivity contribution is 9.10. The van der Waals surface area contributed by atoms with Crippen molar-refractivity contribution in [3.05, 3.63) is 28.2 Å². The molecule has 1 N–H and O–H groups in total. The van der Waals surface area contributed by atoms with Crippen molar-refractivity contribution in [1.82, 2.24) is 5.32 Å². The van der Waals surface area contributed by atoms with Gasteiger partial charge < -0.3 is 10.1 Å². The van der Waals surface area contributed by atoms with E-state index in [1.807, 2.05) is 32.0 Å². The van der Waals surface area contributed by atoms with Crippen LogP contribution in [0.5, 0.6) is 5.75 Å². The van der Waals surface area contributed by atoms with Crippen LogP contribution in [0.2, 0.25) is 0 Å². The van der Waals surface area contributed by atoms with E-state index in [0.717, 1.165) is 15.8 Å². The minimum absolute atomic E-state index is 0.0155. The van der Waals surface area contributed by atoms with E-state index in [2.05, 4.69) is 21.2 Å². The molecular weight excluding hydrogens is 270 g/mol. The molecule has 16 heavy (non-hydrogen) atoms. The highest BCUT2D eigenvalue weighted by Crippen LogP contribution is 2.25. The third kappa shape index (κ3) is 3.52. The number of carbonyl (C=O) groups excluding carboxylic acids is 1. The SMILES string of the molecule is COc1ccc(CNC(=O)C(C)C)cc1Br. The van der Waals surface area contributed by atoms with Gasteiger partial charge in [0.2, 0.25) is 5.91 Å². The minimum atomic E-state index is 0.0155. The molecule has 0 saturated carbocycles. The summed E-state index contributed by atoms with van der Waals surface area (Å²) in [5.41, 5.74) is 1.04. The quantitative estimate of drug-likeness (QED) is 0.924. The standard InChI is InChI=1S/C12H16BrNO2/c1-8(2)12(15)14-7-9-4-5-11(16-3)10(13)6-9/h4-6,8H,7H2,1-3H3,(H,14,15). The Morgan fingerprint density at radius 2 is 2.19 bits per heavy atom. The van der Waals surface area contributed by atoms with Crippen molar-refractivity contribution >= 4 is 21.8 Å². The van der Waals surface area contributed by atoms with E-state index in [0.29, 0.717) is 6.54 Å². The molecule has 0 aliphatic carbocycles. The van der Waals surface area contributed by atoms with Crippen LogP contribution in [0.15, 0.2) is 22.7 Å². The minimum Gasteiger partial charge on any atom is -0.496 e. The van der Waals surface area contributed by atoms with Crippen molar-refractivity contribution in [1.29, 1.82) is 0 Å². The second kappa shape index (κ2) is 5.89. The van der Waals surface area contributed by atoms with E-state index < -0.39 is 0 Å². The lowest BCUT2D eigenvalue weighted by molar-refractivity contribution is -0.124. The van der Waals surface area contributed by atoms with E-state index in [1.54, 1.807) is 7.11 Å². The van der Waals surface area contributed by atoms with Crippen molar-refractivity contribution in [2.75, 3.05) is 7.11 Å². The summed E-state index contributed by atoms with van der Waals surface area (Å²) in [6, 6.07) is 5.75. The summed E-state index contributed by atoms with van der Waals surface area (Å²) in [4.78, 5) is 11.4. The predicted molar refractivity (Wildman–Crippen MR) is 67.4 cm³/mol. The van der Waals surface area contributed by atoms with E-state index in [4.69, 9.17) is 4.74 Å². The summed E-state index contributed by atoms with van der Waals surface area (Å²) < 4.78 is 6.02. The fourth-order valence-corrected chi connectivity index (χ4v) is 1.80. The summed E-state index contributed by atoms with van der Waals surface area (Å²) in [7, 11) is 1.63. The zero-order valence-electron chi connectivity index (χ0n) is 9.71. The molecule has 0 heterocycles. The lowest BCUT2D eigenvalue weighted by Gasteiger charge is -2.09. The maximum atomic E-state index is 11.4. The van der Waals surface area contributed by atoms with Crippen LogP contribution in [0, 0.1) is 5.92 Å². The van der Waals surface area contributed by atoms with Gasteiger partial charge in [-0.25, -0.2) is 0 Å². The van der Waals surface area contributed by atoms with Crippen LogP contribution >= 0.6 is 15.9 Å². The molecule has 0 saturated heterocycles. The molecule has 0 unspecified atom stereocenters. The van der Waals surface area contributed by atoms with Gasteiger partial charge in [-0.1, -0.05) is 19.9 Å². The van der Waals surface area contributed by atoms with E-state index in [1.165, 1.54) is 0 Å². The van der Waals surface area contributed by atoms with Crippen molar-refractivity contribution in [2.24, 2.45) is 5.92 Å². The van der Waals surface area contributed by atoms with Crippen LogP contribution in [0.3, 0.4) is 0 Å². The molecule has 88 valence electrons. The molecule has 0 bridgehead atoms. The van der Waals surface area contributed by atoms with E-state index >= 15 is 0 Å². The molecule has 0 fully saturated rings. The third-order valence-corrected chi connectivity index (χ3v) is 2.83. The van der Waals surface area contributed by atoms with Gasteiger partial charge in [0.15, 0.2) is 0 Å². The Morgan fingerprint density at radius 3 is 2.69 bits per heavy atom. The smallest absolute Gasteiger partial charge is 0.222 e. The van der Waals surface area contributed by atoms with Gasteiger partial charge in [0.25, 0.3) is 0 Å². The highest BCUT2D eigenvalue weighted by Gasteiger charge is 2.06. The van der Waals surface area contributed by atoms with Gasteiger partial charge in [0.05, 0.1) is 11.6 Å². The maximum absolute atomic E-state index is 11.4. The number of methoxy groups -OCH3 is 1. The van der Waals surface area contributed by atoms with Gasteiger partial charge in [-0.05, 0) is 33.6 Å². The molecule has 4 heteroatoms. The zero-order valence-corrected chi connectivity index (χ0v) is 11.3. The Labute approximate surface area is 104 Å². The first-order valence-corrected chi connectivity index (χ1v) is 5.94. The maximum Gasteiger partial charge on any atom is 0.222 e. The summed E-state index contributed by atoms with van der Waals surface area (Å²) in [6.07, 6.45) is 0. The molecule has 0 atom stereocenters. The molecule has 0 aromatic heterocycles. The molecule has 0 aliphatic heterocycles. The van der Waals surface area contributed by atoms with Crippen LogP contribution < -0.4 is 10.1 Å². The summed E-state index contributed by atoms with van der Waals surface area (Å²) >= 11 is 3.41. The number of carbonyl (C=O) groups is 1. The van der Waals surface area contributed by atoms with Crippen LogP contribution in [0.4, 0.5) is 0 Å². The Balaban J connectivity index is 2.62. The molecule has 1 aromatic carbocycles. The largest absolute Gasteiger partial charge is 0.496 e. The first kappa shape index (κ1) is 13.0. The lowest BCUT2D eigenvalue weighted by Crippen LogP contribution is -2.27. The molecule has 3 nitrogen and oxygen atoms in total. The van der Waals surface area contributed by atoms with E-state index in [-0.39, 0.29) is 11.8 Å². The summed E-state index contributed by atoms with van der Waals surface area (Å²) in [6.45, 7) is 4.29. The third-order valence-electron chi connectivity index (χ3n) is 2.21.